The van der Waals surface area contributed by atoms with Gasteiger partial charge >= 0.3 is 0 Å². The van der Waals surface area contributed by atoms with Gasteiger partial charge in [0.15, 0.2) is 5.96 Å². The number of guanidine groups is 1. The molecule has 1 aromatic heterocycles. The van der Waals surface area contributed by atoms with Crippen molar-refractivity contribution in [2.24, 2.45) is 4.99 Å². The van der Waals surface area contributed by atoms with Crippen LogP contribution in [0.25, 0.3) is 0 Å². The fourth-order valence-electron chi connectivity index (χ4n) is 2.44. The second kappa shape index (κ2) is 10.4. The van der Waals surface area contributed by atoms with Crippen molar-refractivity contribution in [3.63, 3.8) is 0 Å². The Morgan fingerprint density at radius 1 is 1.33 bits per heavy atom. The molecule has 2 aromatic rings. The first kappa shape index (κ1) is 21.4. The minimum absolute atomic E-state index is 0. The predicted molar refractivity (Wildman–Crippen MR) is 118 cm³/mol. The van der Waals surface area contributed by atoms with Gasteiger partial charge in [0.2, 0.25) is 0 Å². The van der Waals surface area contributed by atoms with Gasteiger partial charge in [-0.1, -0.05) is 34.1 Å². The predicted octanol–water partition coefficient (Wildman–Crippen LogP) is 4.39. The third-order valence-corrected chi connectivity index (χ3v) is 5.48. The molecule has 0 bridgehead atoms. The molecule has 24 heavy (non-hydrogen) atoms. The number of hydrogen-bond acceptors (Lipinski definition) is 3. The molecule has 4 nitrogen and oxygen atoms in total. The lowest BCUT2D eigenvalue weighted by molar-refractivity contribution is 0.476. The van der Waals surface area contributed by atoms with E-state index in [1.54, 1.807) is 11.3 Å². The molecule has 2 rings (SSSR count). The van der Waals surface area contributed by atoms with Crippen LogP contribution in [0.1, 0.15) is 21.1 Å². The molecule has 0 atom stereocenters. The number of nitrogens with zero attached hydrogens (tertiary/aromatic N) is 3. The molecule has 0 fully saturated rings. The highest BCUT2D eigenvalue weighted by atomic mass is 127. The molecule has 0 saturated heterocycles. The Morgan fingerprint density at radius 2 is 2.04 bits per heavy atom. The minimum atomic E-state index is 0. The Labute approximate surface area is 173 Å². The standard InChI is InChI=1S/C17H23BrN4S.HI/c1-12-16(23-13(2)21-12)9-10-20-17(19-3)22(4)11-14-7-5-6-8-15(14)18;/h5-8H,9-11H2,1-4H3,(H,19,20);1H. The largest absolute Gasteiger partial charge is 0.356 e. The number of nitrogens with one attached hydrogen (secondary N) is 1. The van der Waals surface area contributed by atoms with E-state index in [0.29, 0.717) is 0 Å². The molecule has 0 aliphatic rings. The molecule has 1 N–H and O–H groups in total. The van der Waals surface area contributed by atoms with E-state index in [1.165, 1.54) is 10.4 Å². The highest BCUT2D eigenvalue weighted by Crippen LogP contribution is 2.18. The van der Waals surface area contributed by atoms with Crippen LogP contribution in [0.15, 0.2) is 33.7 Å². The zero-order chi connectivity index (χ0) is 16.8. The zero-order valence-electron chi connectivity index (χ0n) is 14.5. The van der Waals surface area contributed by atoms with E-state index in [9.17, 15) is 0 Å². The lowest BCUT2D eigenvalue weighted by Crippen LogP contribution is -2.39. The molecule has 0 saturated carbocycles. The van der Waals surface area contributed by atoms with Crippen LogP contribution >= 0.6 is 51.2 Å². The van der Waals surface area contributed by atoms with Crippen LogP contribution in [0.2, 0.25) is 0 Å². The molecule has 0 spiro atoms. The zero-order valence-corrected chi connectivity index (χ0v) is 19.2. The SMILES string of the molecule is CN=C(NCCc1sc(C)nc1C)N(C)Cc1ccccc1Br.I. The number of thiazole rings is 1. The molecule has 0 unspecified atom stereocenters. The van der Waals surface area contributed by atoms with Crippen molar-refractivity contribution >= 4 is 57.2 Å². The summed E-state index contributed by atoms with van der Waals surface area (Å²) in [5, 5.41) is 4.57. The fraction of sp³-hybridized carbons (Fsp3) is 0.412. The van der Waals surface area contributed by atoms with E-state index in [2.05, 4.69) is 75.2 Å². The highest BCUT2D eigenvalue weighted by Gasteiger charge is 2.09. The fourth-order valence-corrected chi connectivity index (χ4v) is 3.78. The number of benzene rings is 1. The molecule has 132 valence electrons. The van der Waals surface area contributed by atoms with Gasteiger partial charge in [0.05, 0.1) is 10.7 Å². The van der Waals surface area contributed by atoms with E-state index in [1.807, 2.05) is 13.1 Å². The lowest BCUT2D eigenvalue weighted by atomic mass is 10.2. The van der Waals surface area contributed by atoms with Crippen LogP contribution in [0, 0.1) is 13.8 Å². The summed E-state index contributed by atoms with van der Waals surface area (Å²) in [6, 6.07) is 8.27. The van der Waals surface area contributed by atoms with E-state index in [0.717, 1.165) is 40.6 Å². The summed E-state index contributed by atoms with van der Waals surface area (Å²) in [5.74, 6) is 0.902. The molecule has 0 aliphatic carbocycles. The van der Waals surface area contributed by atoms with Crippen LogP contribution in [-0.4, -0.2) is 36.5 Å². The first-order chi connectivity index (χ1) is 11.0. The maximum absolute atomic E-state index is 4.47. The average molecular weight is 523 g/mol. The molecular weight excluding hydrogens is 499 g/mol. The minimum Gasteiger partial charge on any atom is -0.356 e. The van der Waals surface area contributed by atoms with Crippen LogP contribution < -0.4 is 5.32 Å². The summed E-state index contributed by atoms with van der Waals surface area (Å²) in [6.45, 7) is 5.79. The summed E-state index contributed by atoms with van der Waals surface area (Å²) < 4.78 is 1.12. The summed E-state index contributed by atoms with van der Waals surface area (Å²) in [7, 11) is 3.87. The number of aromatic nitrogens is 1. The lowest BCUT2D eigenvalue weighted by Gasteiger charge is -2.22. The normalized spacial score (nSPS) is 11.1. The van der Waals surface area contributed by atoms with Crippen molar-refractivity contribution in [1.82, 2.24) is 15.2 Å². The van der Waals surface area contributed by atoms with Crippen LogP contribution in [0.3, 0.4) is 0 Å². The average Bonchev–Trinajstić information content (AvgIpc) is 2.84. The van der Waals surface area contributed by atoms with Gasteiger partial charge in [-0.05, 0) is 25.5 Å². The monoisotopic (exact) mass is 522 g/mol. The number of aliphatic imine (C=N–C) groups is 1. The number of aryl methyl sites for hydroxylation is 2. The molecular formula is C17H24BrIN4S. The summed E-state index contributed by atoms with van der Waals surface area (Å²) in [5.41, 5.74) is 2.39. The van der Waals surface area contributed by atoms with Gasteiger partial charge < -0.3 is 10.2 Å². The maximum Gasteiger partial charge on any atom is 0.193 e. The van der Waals surface area contributed by atoms with E-state index in [4.69, 9.17) is 0 Å². The Balaban J connectivity index is 0.00000288. The van der Waals surface area contributed by atoms with Gasteiger partial charge in [0.1, 0.15) is 0 Å². The molecule has 0 aliphatic heterocycles. The van der Waals surface area contributed by atoms with Gasteiger partial charge in [0, 0.05) is 43.0 Å². The molecule has 0 amide bonds. The Kier molecular flexibility index (Phi) is 9.22. The van der Waals surface area contributed by atoms with Gasteiger partial charge in [-0.2, -0.15) is 0 Å². The Hall–Kier alpha value is -0.670. The van der Waals surface area contributed by atoms with Crippen molar-refractivity contribution < 1.29 is 0 Å². The third-order valence-electron chi connectivity index (χ3n) is 3.57. The van der Waals surface area contributed by atoms with E-state index < -0.39 is 0 Å². The second-order valence-corrected chi connectivity index (χ2v) is 7.56. The molecule has 1 heterocycles. The van der Waals surface area contributed by atoms with Gasteiger partial charge in [0.25, 0.3) is 0 Å². The third kappa shape index (κ3) is 6.00. The number of hydrogen-bond donors (Lipinski definition) is 1. The van der Waals surface area contributed by atoms with Crippen molar-refractivity contribution in [3.05, 3.63) is 49.9 Å². The Bertz CT molecular complexity index is 687. The first-order valence-corrected chi connectivity index (χ1v) is 9.20. The smallest absolute Gasteiger partial charge is 0.193 e. The van der Waals surface area contributed by atoms with Crippen molar-refractivity contribution in [1.29, 1.82) is 0 Å². The van der Waals surface area contributed by atoms with E-state index in [-0.39, 0.29) is 24.0 Å². The maximum atomic E-state index is 4.47. The number of halogens is 2. The topological polar surface area (TPSA) is 40.5 Å². The van der Waals surface area contributed by atoms with Gasteiger partial charge in [-0.15, -0.1) is 35.3 Å². The molecule has 1 aromatic carbocycles. The van der Waals surface area contributed by atoms with Gasteiger partial charge in [-0.25, -0.2) is 4.98 Å². The molecule has 0 radical (unpaired) electrons. The van der Waals surface area contributed by atoms with Crippen molar-refractivity contribution in [2.75, 3.05) is 20.6 Å². The Morgan fingerprint density at radius 3 is 2.62 bits per heavy atom. The quantitative estimate of drug-likeness (QED) is 0.359. The molecule has 7 heteroatoms. The summed E-state index contributed by atoms with van der Waals surface area (Å²) in [4.78, 5) is 12.3. The summed E-state index contributed by atoms with van der Waals surface area (Å²) >= 11 is 5.37. The number of rotatable bonds is 5. The van der Waals surface area contributed by atoms with Gasteiger partial charge in [-0.3, -0.25) is 4.99 Å². The highest BCUT2D eigenvalue weighted by molar-refractivity contribution is 14.0. The van der Waals surface area contributed by atoms with E-state index >= 15 is 0 Å². The van der Waals surface area contributed by atoms with Crippen LogP contribution in [0.5, 0.6) is 0 Å². The summed E-state index contributed by atoms with van der Waals surface area (Å²) in [6.07, 6.45) is 0.971. The van der Waals surface area contributed by atoms with Crippen LogP contribution in [0.4, 0.5) is 0 Å². The van der Waals surface area contributed by atoms with Crippen molar-refractivity contribution in [2.45, 2.75) is 26.8 Å². The van der Waals surface area contributed by atoms with Crippen LogP contribution in [-0.2, 0) is 13.0 Å². The van der Waals surface area contributed by atoms with Crippen molar-refractivity contribution in [3.8, 4) is 0 Å². The first-order valence-electron chi connectivity index (χ1n) is 7.59. The second-order valence-electron chi connectivity index (χ2n) is 5.41.